The lowest BCUT2D eigenvalue weighted by Crippen LogP contribution is -2.27. The molecule has 36 nitrogen and oxygen atoms in total. The molecule has 4 heterocycles. The molecule has 2 aliphatic heterocycles. The Morgan fingerprint density at radius 3 is 1.24 bits per heavy atom. The van der Waals surface area contributed by atoms with Crippen LogP contribution in [0.25, 0.3) is 22.1 Å². The van der Waals surface area contributed by atoms with Gasteiger partial charge >= 0.3 is 38.8 Å². The van der Waals surface area contributed by atoms with Gasteiger partial charge in [0.15, 0.2) is 22.6 Å². The van der Waals surface area contributed by atoms with Crippen molar-refractivity contribution in [3.63, 3.8) is 0 Å². The van der Waals surface area contributed by atoms with Gasteiger partial charge in [-0.05, 0) is 123 Å². The zero-order chi connectivity index (χ0) is 64.9. The van der Waals surface area contributed by atoms with Crippen LogP contribution in [0.2, 0.25) is 0 Å². The first-order valence-electron chi connectivity index (χ1n) is 28.0. The van der Waals surface area contributed by atoms with Gasteiger partial charge in [0, 0.05) is 62.6 Å². The SMILES string of the molecule is CC1(C)OCC(CCOP(=O)(CCCOC(=O)NCCCNc2ccc([N+](=O)[O-])c3nonc23)Oc2ccc([N+](=O)[O-])cc2)O1.CC1(C)OC[C@H](CCOP(=O)(CCCOC(=O)NCCCNc2ccc([N+](=O)[O-])c3nonc23)Oc2ccc([N+](=O)[O-])cc2)O1. The number of carbonyl (C=O) groups is 2. The maximum absolute atomic E-state index is 13.6. The average molecular weight is 1310 g/mol. The second kappa shape index (κ2) is 32.1. The molecule has 4 N–H and O–H groups in total. The third kappa shape index (κ3) is 21.2. The average Bonchev–Trinajstić information content (AvgIpc) is 3.43. The van der Waals surface area contributed by atoms with Gasteiger partial charge in [-0.15, -0.1) is 0 Å². The van der Waals surface area contributed by atoms with E-state index in [0.29, 0.717) is 63.4 Å². The molecule has 0 bridgehead atoms. The number of ether oxygens (including phenoxy) is 6. The van der Waals surface area contributed by atoms with Gasteiger partial charge in [0.25, 0.3) is 11.4 Å². The number of hydrogen-bond acceptors (Lipinski definition) is 30. The van der Waals surface area contributed by atoms with Crippen LogP contribution >= 0.6 is 15.2 Å². The number of fused-ring (bicyclic) bond motifs is 2. The van der Waals surface area contributed by atoms with E-state index in [0.717, 1.165) is 0 Å². The van der Waals surface area contributed by atoms with Crippen LogP contribution in [0.1, 0.15) is 66.2 Å². The van der Waals surface area contributed by atoms with Crippen LogP contribution in [0.4, 0.5) is 43.7 Å². The Balaban J connectivity index is 0.000000256. The number of aromatic nitrogens is 4. The summed E-state index contributed by atoms with van der Waals surface area (Å²) in [5.41, 5.74) is 0.753. The molecule has 2 saturated heterocycles. The molecule has 2 aliphatic rings. The van der Waals surface area contributed by atoms with Crippen LogP contribution < -0.4 is 30.3 Å². The third-order valence-corrected chi connectivity index (χ3v) is 16.7. The second-order valence-electron chi connectivity index (χ2n) is 20.6. The molecule has 0 radical (unpaired) electrons. The van der Waals surface area contributed by atoms with Crippen LogP contribution in [0.5, 0.6) is 11.5 Å². The first-order valence-corrected chi connectivity index (χ1v) is 31.4. The molecule has 6 aromatic rings. The highest BCUT2D eigenvalue weighted by Crippen LogP contribution is 2.51. The second-order valence-corrected chi connectivity index (χ2v) is 24.8. The number of nitrogens with zero attached hydrogens (tertiary/aromatic N) is 8. The van der Waals surface area contributed by atoms with Crippen molar-refractivity contribution in [3.05, 3.63) is 113 Å². The van der Waals surface area contributed by atoms with Gasteiger partial charge in [0.05, 0.1) is 95.2 Å². The summed E-state index contributed by atoms with van der Waals surface area (Å²) in [6.07, 6.45) is 0.0384. The molecule has 2 aromatic heterocycles. The summed E-state index contributed by atoms with van der Waals surface area (Å²) in [4.78, 5) is 66.1. The molecule has 3 unspecified atom stereocenters. The van der Waals surface area contributed by atoms with Crippen molar-refractivity contribution in [2.75, 3.05) is 88.8 Å². The number of anilines is 2. The number of alkyl carbamates (subject to hydrolysis) is 2. The number of amides is 2. The number of nitro benzene ring substituents is 4. The van der Waals surface area contributed by atoms with Gasteiger partial charge in [-0.25, -0.2) is 28.0 Å². The van der Waals surface area contributed by atoms with Gasteiger partial charge in [-0.1, -0.05) is 0 Å². The Labute approximate surface area is 511 Å². The number of rotatable bonds is 34. The fraction of sp³-hybridized carbons (Fsp3) is 0.500. The zero-order valence-corrected chi connectivity index (χ0v) is 50.9. The fourth-order valence-corrected chi connectivity index (χ4v) is 11.8. The van der Waals surface area contributed by atoms with E-state index in [4.69, 9.17) is 46.5 Å². The predicted molar refractivity (Wildman–Crippen MR) is 314 cm³/mol. The van der Waals surface area contributed by atoms with Crippen molar-refractivity contribution in [3.8, 4) is 11.5 Å². The molecule has 4 aromatic carbocycles. The van der Waals surface area contributed by atoms with E-state index in [1.54, 1.807) is 27.7 Å². The highest BCUT2D eigenvalue weighted by atomic mass is 31.2. The van der Waals surface area contributed by atoms with E-state index in [1.807, 2.05) is 0 Å². The number of non-ortho nitro benzene ring substituents is 4. The molecule has 38 heteroatoms. The Morgan fingerprint density at radius 1 is 0.522 bits per heavy atom. The molecule has 2 fully saturated rings. The molecule has 4 atom stereocenters. The summed E-state index contributed by atoms with van der Waals surface area (Å²) in [5, 5.41) is 70.0. The first kappa shape index (κ1) is 68.7. The van der Waals surface area contributed by atoms with Crippen LogP contribution in [0.15, 0.2) is 82.1 Å². The molecular formula is C52H66N12O24P2. The standard InChI is InChI=1S/2C26H33N6O12P/c2*1-26(2)40-17-20(42-26)11-15-41-45(38,43-19-7-5-18(6-8-19)31(34)35)16-4-14-39-25(33)28-13-3-12-27-21-9-10-22(32(36)37)24-23(21)29-44-30-24/h2*5-10,20,27H,3-4,11-17H2,1-2H3,(H,28,33)/t20-,45?;/m0./s1. The number of benzene rings is 4. The lowest BCUT2D eigenvalue weighted by molar-refractivity contribution is -0.385. The van der Waals surface area contributed by atoms with E-state index < -0.39 is 58.6 Å². The van der Waals surface area contributed by atoms with E-state index in [1.165, 1.54) is 72.8 Å². The molecule has 0 spiro atoms. The van der Waals surface area contributed by atoms with Gasteiger partial charge in [-0.2, -0.15) is 0 Å². The maximum Gasteiger partial charge on any atom is 0.407 e. The minimum absolute atomic E-state index is 0.0289. The van der Waals surface area contributed by atoms with Crippen molar-refractivity contribution < 1.29 is 94.2 Å². The number of carbonyl (C=O) groups excluding carboxylic acids is 2. The molecule has 2 amide bonds. The lowest BCUT2D eigenvalue weighted by Gasteiger charge is -2.21. The normalized spacial score (nSPS) is 17.0. The van der Waals surface area contributed by atoms with E-state index in [9.17, 15) is 59.2 Å². The third-order valence-electron chi connectivity index (χ3n) is 12.9. The number of hydrogen-bond donors (Lipinski definition) is 4. The molecule has 8 rings (SSSR count). The molecule has 0 aliphatic carbocycles. The van der Waals surface area contributed by atoms with Crippen LogP contribution in [0.3, 0.4) is 0 Å². The van der Waals surface area contributed by atoms with Crippen LogP contribution in [-0.4, -0.2) is 154 Å². The van der Waals surface area contributed by atoms with E-state index in [2.05, 4.69) is 51.2 Å². The Morgan fingerprint density at radius 2 is 0.900 bits per heavy atom. The topological polar surface area (TPSA) is 459 Å². The Hall–Kier alpha value is -8.76. The monoisotopic (exact) mass is 1300 g/mol. The minimum Gasteiger partial charge on any atom is -0.450 e. The maximum atomic E-state index is 13.6. The summed E-state index contributed by atoms with van der Waals surface area (Å²) in [6.45, 7) is 9.14. The van der Waals surface area contributed by atoms with Crippen LogP contribution in [-0.2, 0) is 46.6 Å². The fourth-order valence-electron chi connectivity index (χ4n) is 8.55. The Bertz CT molecular complexity index is 3290. The largest absolute Gasteiger partial charge is 0.450 e. The van der Waals surface area contributed by atoms with Gasteiger partial charge in [0.1, 0.15) is 11.5 Å². The van der Waals surface area contributed by atoms with Crippen molar-refractivity contribution in [1.82, 2.24) is 31.3 Å². The smallest absolute Gasteiger partial charge is 0.407 e. The minimum atomic E-state index is -3.75. The van der Waals surface area contributed by atoms with Crippen molar-refractivity contribution in [1.29, 1.82) is 0 Å². The summed E-state index contributed by atoms with van der Waals surface area (Å²) in [5.74, 6) is -1.17. The van der Waals surface area contributed by atoms with E-state index >= 15 is 0 Å². The van der Waals surface area contributed by atoms with Gasteiger partial charge < -0.3 is 58.7 Å². The van der Waals surface area contributed by atoms with Crippen molar-refractivity contribution >= 4 is 83.6 Å². The first-order chi connectivity index (χ1) is 42.9. The zero-order valence-electron chi connectivity index (χ0n) is 49.1. The summed E-state index contributed by atoms with van der Waals surface area (Å²) < 4.78 is 91.9. The van der Waals surface area contributed by atoms with E-state index in [-0.39, 0.29) is 133 Å². The quantitative estimate of drug-likeness (QED) is 0.0126. The Kier molecular flexibility index (Phi) is 24.5. The van der Waals surface area contributed by atoms with Gasteiger partial charge in [-0.3, -0.25) is 49.5 Å². The summed E-state index contributed by atoms with van der Waals surface area (Å²) in [6, 6.07) is 15.8. The lowest BCUT2D eigenvalue weighted by atomic mass is 10.2. The molecule has 0 saturated carbocycles. The number of nitrogens with one attached hydrogen (secondary N) is 4. The number of nitro groups is 4. The highest BCUT2D eigenvalue weighted by Gasteiger charge is 2.36. The summed E-state index contributed by atoms with van der Waals surface area (Å²) >= 11 is 0. The molecule has 488 valence electrons. The van der Waals surface area contributed by atoms with Crippen molar-refractivity contribution in [2.45, 2.75) is 90.0 Å². The van der Waals surface area contributed by atoms with Crippen molar-refractivity contribution in [2.24, 2.45) is 0 Å². The van der Waals surface area contributed by atoms with Crippen LogP contribution in [0, 0.1) is 40.5 Å². The highest BCUT2D eigenvalue weighted by molar-refractivity contribution is 7.54. The predicted octanol–water partition coefficient (Wildman–Crippen LogP) is 9.58. The van der Waals surface area contributed by atoms with Gasteiger partial charge in [0.2, 0.25) is 11.0 Å². The molecular weight excluding hydrogens is 1240 g/mol. The molecule has 90 heavy (non-hydrogen) atoms. The summed E-state index contributed by atoms with van der Waals surface area (Å²) in [7, 11) is -7.50.